The van der Waals surface area contributed by atoms with E-state index in [1.54, 1.807) is 13.1 Å². The number of benzene rings is 1. The fraction of sp³-hybridized carbons (Fsp3) is 0.345. The summed E-state index contributed by atoms with van der Waals surface area (Å²) in [5.41, 5.74) is 0.840. The first kappa shape index (κ1) is 28.1. The van der Waals surface area contributed by atoms with E-state index in [2.05, 4.69) is 44.1 Å². The van der Waals surface area contributed by atoms with E-state index < -0.39 is 11.7 Å². The zero-order valence-corrected chi connectivity index (χ0v) is 22.5. The third kappa shape index (κ3) is 6.75. The van der Waals surface area contributed by atoms with Crippen molar-refractivity contribution in [3.63, 3.8) is 0 Å². The number of nitrogens with one attached hydrogen (secondary N) is 1. The summed E-state index contributed by atoms with van der Waals surface area (Å²) in [5.74, 6) is 1.16. The first-order chi connectivity index (χ1) is 18.5. The van der Waals surface area contributed by atoms with Crippen molar-refractivity contribution < 1.29 is 17.9 Å². The number of pyridine rings is 2. The zero-order valence-electron chi connectivity index (χ0n) is 22.5. The lowest BCUT2D eigenvalue weighted by molar-refractivity contribution is -0.137. The minimum absolute atomic E-state index is 0.0679. The molecule has 1 N–H and O–H groups in total. The normalized spacial score (nSPS) is 12.5. The van der Waals surface area contributed by atoms with E-state index in [4.69, 9.17) is 4.74 Å². The molecule has 10 heteroatoms. The van der Waals surface area contributed by atoms with Gasteiger partial charge >= 0.3 is 6.18 Å². The lowest BCUT2D eigenvalue weighted by Crippen LogP contribution is -2.18. The van der Waals surface area contributed by atoms with Gasteiger partial charge in [0.2, 0.25) is 0 Å². The average Bonchev–Trinajstić information content (AvgIpc) is 2.88. The predicted molar refractivity (Wildman–Crippen MR) is 147 cm³/mol. The van der Waals surface area contributed by atoms with Crippen molar-refractivity contribution in [1.82, 2.24) is 19.9 Å². The Balaban J connectivity index is 1.75. The molecule has 0 aliphatic heterocycles. The molecule has 39 heavy (non-hydrogen) atoms. The van der Waals surface area contributed by atoms with Crippen LogP contribution in [0.15, 0.2) is 59.7 Å². The van der Waals surface area contributed by atoms with Crippen LogP contribution < -0.4 is 5.32 Å². The van der Waals surface area contributed by atoms with Gasteiger partial charge in [0.1, 0.15) is 18.1 Å². The number of ether oxygens (including phenoxy) is 1. The van der Waals surface area contributed by atoms with Crippen molar-refractivity contribution in [2.75, 3.05) is 19.0 Å². The van der Waals surface area contributed by atoms with E-state index in [1.807, 2.05) is 44.3 Å². The van der Waals surface area contributed by atoms with Gasteiger partial charge in [0.05, 0.1) is 16.6 Å². The summed E-state index contributed by atoms with van der Waals surface area (Å²) >= 11 is 0. The summed E-state index contributed by atoms with van der Waals surface area (Å²) in [7, 11) is 1.75. The first-order valence-electron chi connectivity index (χ1n) is 12.6. The Kier molecular flexibility index (Phi) is 8.25. The van der Waals surface area contributed by atoms with Crippen molar-refractivity contribution in [2.24, 2.45) is 10.9 Å². The maximum Gasteiger partial charge on any atom is 0.418 e. The Morgan fingerprint density at radius 2 is 1.74 bits per heavy atom. The minimum atomic E-state index is -4.57. The number of rotatable bonds is 9. The Morgan fingerprint density at radius 1 is 1.00 bits per heavy atom. The van der Waals surface area contributed by atoms with Gasteiger partial charge in [0.25, 0.3) is 0 Å². The van der Waals surface area contributed by atoms with E-state index in [9.17, 15) is 13.2 Å². The number of halogens is 3. The predicted octanol–water partition coefficient (Wildman–Crippen LogP) is 7.00. The SMILES string of the molecule is CN=CC(C)(C)c1ccc(Nc2nc(COCC(C)C)nc3nc(-c4ncccc4C(F)(F)F)ccc23)cc1. The smallest absolute Gasteiger partial charge is 0.373 e. The molecule has 0 aliphatic rings. The summed E-state index contributed by atoms with van der Waals surface area (Å²) in [6.45, 7) is 8.88. The molecule has 3 aromatic heterocycles. The Morgan fingerprint density at radius 3 is 2.41 bits per heavy atom. The highest BCUT2D eigenvalue weighted by atomic mass is 19.4. The lowest BCUT2D eigenvalue weighted by atomic mass is 9.86. The number of nitrogens with zero attached hydrogens (tertiary/aromatic N) is 5. The molecule has 0 spiro atoms. The van der Waals surface area contributed by atoms with Gasteiger partial charge < -0.3 is 10.1 Å². The summed E-state index contributed by atoms with van der Waals surface area (Å²) < 4.78 is 46.7. The van der Waals surface area contributed by atoms with Crippen LogP contribution in [-0.2, 0) is 22.9 Å². The number of hydrogen-bond donors (Lipinski definition) is 1. The van der Waals surface area contributed by atoms with Gasteiger partial charge in [-0.1, -0.05) is 39.8 Å². The number of aliphatic imine (C=N–C) groups is 1. The third-order valence-electron chi connectivity index (χ3n) is 5.99. The largest absolute Gasteiger partial charge is 0.418 e. The van der Waals surface area contributed by atoms with Gasteiger partial charge in [-0.05, 0) is 47.9 Å². The molecule has 0 saturated heterocycles. The molecule has 0 bridgehead atoms. The molecule has 1 aromatic carbocycles. The first-order valence-corrected chi connectivity index (χ1v) is 12.6. The lowest BCUT2D eigenvalue weighted by Gasteiger charge is -2.20. The van der Waals surface area contributed by atoms with Crippen molar-refractivity contribution in [3.8, 4) is 11.4 Å². The number of aromatic nitrogens is 4. The molecule has 0 amide bonds. The van der Waals surface area contributed by atoms with E-state index in [0.29, 0.717) is 29.6 Å². The van der Waals surface area contributed by atoms with Crippen molar-refractivity contribution in [2.45, 2.75) is 45.9 Å². The minimum Gasteiger partial charge on any atom is -0.373 e. The van der Waals surface area contributed by atoms with Gasteiger partial charge in [-0.25, -0.2) is 15.0 Å². The molecular formula is C29H31F3N6O. The van der Waals surface area contributed by atoms with Crippen molar-refractivity contribution in [1.29, 1.82) is 0 Å². The monoisotopic (exact) mass is 536 g/mol. The molecule has 7 nitrogen and oxygen atoms in total. The Bertz CT molecular complexity index is 1470. The molecule has 3 heterocycles. The van der Waals surface area contributed by atoms with E-state index >= 15 is 0 Å². The summed E-state index contributed by atoms with van der Waals surface area (Å²) in [5, 5.41) is 3.87. The van der Waals surface area contributed by atoms with Crippen LogP contribution in [0.2, 0.25) is 0 Å². The highest BCUT2D eigenvalue weighted by molar-refractivity contribution is 5.90. The van der Waals surface area contributed by atoms with Gasteiger partial charge in [-0.2, -0.15) is 13.2 Å². The highest BCUT2D eigenvalue weighted by Gasteiger charge is 2.34. The second-order valence-electron chi connectivity index (χ2n) is 10.2. The zero-order chi connectivity index (χ0) is 28.2. The molecule has 0 atom stereocenters. The molecule has 4 aromatic rings. The van der Waals surface area contributed by atoms with Crippen LogP contribution in [0.4, 0.5) is 24.7 Å². The van der Waals surface area contributed by atoms with Gasteiger partial charge in [0.15, 0.2) is 11.5 Å². The van der Waals surface area contributed by atoms with Crippen LogP contribution in [-0.4, -0.2) is 39.8 Å². The molecule has 4 rings (SSSR count). The van der Waals surface area contributed by atoms with Crippen LogP contribution in [0.1, 0.15) is 44.6 Å². The molecule has 0 radical (unpaired) electrons. The van der Waals surface area contributed by atoms with Crippen LogP contribution in [0, 0.1) is 5.92 Å². The molecule has 0 unspecified atom stereocenters. The quantitative estimate of drug-likeness (QED) is 0.232. The molecule has 0 saturated carbocycles. The van der Waals surface area contributed by atoms with Gasteiger partial charge in [-0.15, -0.1) is 0 Å². The van der Waals surface area contributed by atoms with Gasteiger partial charge in [0, 0.05) is 37.2 Å². The number of alkyl halides is 3. The van der Waals surface area contributed by atoms with E-state index in [0.717, 1.165) is 17.3 Å². The van der Waals surface area contributed by atoms with Crippen LogP contribution in [0.25, 0.3) is 22.4 Å². The maximum atomic E-state index is 13.6. The molecule has 204 valence electrons. The van der Waals surface area contributed by atoms with Crippen molar-refractivity contribution >= 4 is 28.8 Å². The second-order valence-corrected chi connectivity index (χ2v) is 10.2. The van der Waals surface area contributed by atoms with Crippen molar-refractivity contribution in [3.05, 3.63) is 71.7 Å². The van der Waals surface area contributed by atoms with E-state index in [-0.39, 0.29) is 29.1 Å². The number of anilines is 2. The summed E-state index contributed by atoms with van der Waals surface area (Å²) in [6, 6.07) is 13.3. The van der Waals surface area contributed by atoms with Crippen LogP contribution in [0.5, 0.6) is 0 Å². The van der Waals surface area contributed by atoms with E-state index in [1.165, 1.54) is 18.3 Å². The second kappa shape index (κ2) is 11.4. The summed E-state index contributed by atoms with van der Waals surface area (Å²) in [6.07, 6.45) is -1.37. The fourth-order valence-corrected chi connectivity index (χ4v) is 4.09. The average molecular weight is 537 g/mol. The molecular weight excluding hydrogens is 505 g/mol. The van der Waals surface area contributed by atoms with Crippen LogP contribution in [0.3, 0.4) is 0 Å². The Hall–Kier alpha value is -3.92. The highest BCUT2D eigenvalue weighted by Crippen LogP contribution is 2.36. The maximum absolute atomic E-state index is 13.6. The number of fused-ring (bicyclic) bond motifs is 1. The fourth-order valence-electron chi connectivity index (χ4n) is 4.09. The van der Waals surface area contributed by atoms with Gasteiger partial charge in [-0.3, -0.25) is 9.98 Å². The molecule has 0 aliphatic carbocycles. The van der Waals surface area contributed by atoms with Crippen LogP contribution >= 0.6 is 0 Å². The summed E-state index contributed by atoms with van der Waals surface area (Å²) in [4.78, 5) is 21.8. The Labute approximate surface area is 225 Å². The third-order valence-corrected chi connectivity index (χ3v) is 5.99. The topological polar surface area (TPSA) is 85.2 Å². The standard InChI is InChI=1S/C29H31F3N6O/c1-18(2)15-39-16-24-37-26(35-20-10-8-19(9-11-20)28(3,4)17-33-5)21-12-13-23(36-27(21)38-24)25-22(29(30,31)32)7-6-14-34-25/h6-14,17-18H,15-16H2,1-5H3,(H,35,36,37,38). The molecule has 0 fully saturated rings. The number of hydrogen-bond acceptors (Lipinski definition) is 7.